The highest BCUT2D eigenvalue weighted by molar-refractivity contribution is 5.74. The lowest BCUT2D eigenvalue weighted by molar-refractivity contribution is 0.215. The van der Waals surface area contributed by atoms with Crippen molar-refractivity contribution >= 4 is 6.03 Å². The van der Waals surface area contributed by atoms with Gasteiger partial charge in [0.2, 0.25) is 0 Å². The van der Waals surface area contributed by atoms with Crippen LogP contribution in [-0.4, -0.2) is 54.9 Å². The van der Waals surface area contributed by atoms with Crippen molar-refractivity contribution in [2.24, 2.45) is 0 Å². The molecule has 2 unspecified atom stereocenters. The normalized spacial score (nSPS) is 14.6. The van der Waals surface area contributed by atoms with Crippen molar-refractivity contribution in [1.29, 1.82) is 0 Å². The van der Waals surface area contributed by atoms with Crippen molar-refractivity contribution in [3.63, 3.8) is 0 Å². The lowest BCUT2D eigenvalue weighted by atomic mass is 10.2. The van der Waals surface area contributed by atoms with Crippen LogP contribution in [0.3, 0.4) is 0 Å². The molecule has 0 heterocycles. The van der Waals surface area contributed by atoms with Gasteiger partial charge in [-0.15, -0.1) is 0 Å². The molecule has 0 aliphatic carbocycles. The lowest BCUT2D eigenvalue weighted by Crippen LogP contribution is -2.45. The number of nitrogens with one attached hydrogen (secondary N) is 2. The summed E-state index contributed by atoms with van der Waals surface area (Å²) in [6, 6.07) is 0.104. The van der Waals surface area contributed by atoms with Gasteiger partial charge in [0.25, 0.3) is 0 Å². The zero-order chi connectivity index (χ0) is 12.6. The fourth-order valence-corrected chi connectivity index (χ4v) is 1.20. The van der Waals surface area contributed by atoms with E-state index < -0.39 is 0 Å². The molecule has 0 saturated carbocycles. The van der Waals surface area contributed by atoms with Crippen molar-refractivity contribution < 1.29 is 9.90 Å². The van der Waals surface area contributed by atoms with E-state index in [9.17, 15) is 4.79 Å². The number of carbonyl (C=O) groups excluding carboxylic acids is 1. The van der Waals surface area contributed by atoms with Gasteiger partial charge in [-0.2, -0.15) is 0 Å². The lowest BCUT2D eigenvalue weighted by Gasteiger charge is -2.23. The van der Waals surface area contributed by atoms with Gasteiger partial charge < -0.3 is 20.6 Å². The van der Waals surface area contributed by atoms with Gasteiger partial charge in [-0.25, -0.2) is 4.79 Å². The number of hydrogen-bond donors (Lipinski definition) is 3. The molecule has 0 fully saturated rings. The monoisotopic (exact) mass is 231 g/mol. The number of amides is 2. The fourth-order valence-electron chi connectivity index (χ4n) is 1.20. The predicted molar refractivity (Wildman–Crippen MR) is 65.5 cm³/mol. The molecule has 0 saturated heterocycles. The van der Waals surface area contributed by atoms with E-state index in [1.165, 1.54) is 0 Å². The van der Waals surface area contributed by atoms with Gasteiger partial charge in [0.1, 0.15) is 0 Å². The molecule has 5 nitrogen and oxygen atoms in total. The molecule has 3 N–H and O–H groups in total. The Balaban J connectivity index is 3.61. The number of hydrogen-bond acceptors (Lipinski definition) is 3. The van der Waals surface area contributed by atoms with Crippen LogP contribution in [0.4, 0.5) is 4.79 Å². The second-order valence-corrected chi connectivity index (χ2v) is 4.22. The summed E-state index contributed by atoms with van der Waals surface area (Å²) in [6.07, 6.45) is 1.10. The third kappa shape index (κ3) is 6.63. The molecule has 16 heavy (non-hydrogen) atoms. The average molecular weight is 231 g/mol. The number of aliphatic hydroxyl groups is 1. The third-order valence-electron chi connectivity index (χ3n) is 2.74. The maximum atomic E-state index is 11.3. The van der Waals surface area contributed by atoms with Gasteiger partial charge in [0.15, 0.2) is 0 Å². The van der Waals surface area contributed by atoms with Crippen LogP contribution >= 0.6 is 0 Å². The predicted octanol–water partition coefficient (Wildman–Crippen LogP) is 0.397. The quantitative estimate of drug-likeness (QED) is 0.594. The van der Waals surface area contributed by atoms with Crippen LogP contribution < -0.4 is 10.6 Å². The van der Waals surface area contributed by atoms with Crippen molar-refractivity contribution in [3.05, 3.63) is 0 Å². The summed E-state index contributed by atoms with van der Waals surface area (Å²) in [7, 11) is 2.05. The van der Waals surface area contributed by atoms with Crippen LogP contribution in [0, 0.1) is 0 Å². The Morgan fingerprint density at radius 3 is 2.56 bits per heavy atom. The molecule has 2 atom stereocenters. The highest BCUT2D eigenvalue weighted by atomic mass is 16.3. The van der Waals surface area contributed by atoms with Crippen LogP contribution in [-0.2, 0) is 0 Å². The number of nitrogens with zero attached hydrogens (tertiary/aromatic N) is 1. The SMILES string of the molecule is CCC(C)N(C)CCNC(=O)NC(C)CO. The van der Waals surface area contributed by atoms with Crippen molar-refractivity contribution in [2.75, 3.05) is 26.7 Å². The highest BCUT2D eigenvalue weighted by Gasteiger charge is 2.08. The van der Waals surface area contributed by atoms with Crippen molar-refractivity contribution in [2.45, 2.75) is 39.3 Å². The van der Waals surface area contributed by atoms with E-state index in [2.05, 4.69) is 29.4 Å². The van der Waals surface area contributed by atoms with Gasteiger partial charge in [-0.3, -0.25) is 0 Å². The summed E-state index contributed by atoms with van der Waals surface area (Å²) in [5.74, 6) is 0. The maximum absolute atomic E-state index is 11.3. The van der Waals surface area contributed by atoms with Gasteiger partial charge >= 0.3 is 6.03 Å². The van der Waals surface area contributed by atoms with Crippen LogP contribution in [0.5, 0.6) is 0 Å². The standard InChI is InChI=1S/C11H25N3O2/c1-5-10(3)14(4)7-6-12-11(16)13-9(2)8-15/h9-10,15H,5-8H2,1-4H3,(H2,12,13,16). The Morgan fingerprint density at radius 2 is 2.06 bits per heavy atom. The molecule has 96 valence electrons. The topological polar surface area (TPSA) is 64.6 Å². The van der Waals surface area contributed by atoms with Crippen LogP contribution in [0.15, 0.2) is 0 Å². The number of urea groups is 1. The summed E-state index contributed by atoms with van der Waals surface area (Å²) in [5, 5.41) is 14.1. The van der Waals surface area contributed by atoms with Gasteiger partial charge in [0, 0.05) is 19.1 Å². The van der Waals surface area contributed by atoms with Gasteiger partial charge in [0.05, 0.1) is 12.6 Å². The van der Waals surface area contributed by atoms with Crippen LogP contribution in [0.2, 0.25) is 0 Å². The maximum Gasteiger partial charge on any atom is 0.315 e. The minimum Gasteiger partial charge on any atom is -0.394 e. The summed E-state index contributed by atoms with van der Waals surface area (Å²) in [5.41, 5.74) is 0. The molecule has 0 rings (SSSR count). The van der Waals surface area contributed by atoms with E-state index in [0.717, 1.165) is 13.0 Å². The molecule has 0 aromatic carbocycles. The molecule has 0 bridgehead atoms. The molecule has 0 radical (unpaired) electrons. The highest BCUT2D eigenvalue weighted by Crippen LogP contribution is 1.97. The Kier molecular flexibility index (Phi) is 7.93. The average Bonchev–Trinajstić information content (AvgIpc) is 2.27. The first-order chi connectivity index (χ1) is 7.51. The van der Waals surface area contributed by atoms with Crippen LogP contribution in [0.25, 0.3) is 0 Å². The largest absolute Gasteiger partial charge is 0.394 e. The number of rotatable bonds is 7. The zero-order valence-corrected chi connectivity index (χ0v) is 10.8. The molecule has 0 aromatic rings. The molecule has 0 aliphatic heterocycles. The number of carbonyl (C=O) groups is 1. The Morgan fingerprint density at radius 1 is 1.44 bits per heavy atom. The number of likely N-dealkylation sites (N-methyl/N-ethyl adjacent to an activating group) is 1. The molecule has 0 aliphatic rings. The Bertz CT molecular complexity index is 200. The first kappa shape index (κ1) is 15.2. The molecular weight excluding hydrogens is 206 g/mol. The molecular formula is C11H25N3O2. The molecule has 0 aromatic heterocycles. The summed E-state index contributed by atoms with van der Waals surface area (Å²) >= 11 is 0. The second kappa shape index (κ2) is 8.35. The summed E-state index contributed by atoms with van der Waals surface area (Å²) in [6.45, 7) is 7.46. The van der Waals surface area contributed by atoms with Crippen LogP contribution in [0.1, 0.15) is 27.2 Å². The zero-order valence-electron chi connectivity index (χ0n) is 10.8. The van der Waals surface area contributed by atoms with Crippen molar-refractivity contribution in [3.8, 4) is 0 Å². The van der Waals surface area contributed by atoms with E-state index >= 15 is 0 Å². The van der Waals surface area contributed by atoms with E-state index in [4.69, 9.17) is 5.11 Å². The van der Waals surface area contributed by atoms with Gasteiger partial charge in [-0.05, 0) is 27.3 Å². The molecule has 0 spiro atoms. The summed E-state index contributed by atoms with van der Waals surface area (Å²) in [4.78, 5) is 13.5. The van der Waals surface area contributed by atoms with Crippen molar-refractivity contribution in [1.82, 2.24) is 15.5 Å². The van der Waals surface area contributed by atoms with E-state index in [-0.39, 0.29) is 18.7 Å². The van der Waals surface area contributed by atoms with Gasteiger partial charge in [-0.1, -0.05) is 6.92 Å². The Hall–Kier alpha value is -0.810. The first-order valence-corrected chi connectivity index (χ1v) is 5.86. The molecule has 2 amide bonds. The fraction of sp³-hybridized carbons (Fsp3) is 0.909. The third-order valence-corrected chi connectivity index (χ3v) is 2.74. The minimum atomic E-state index is -0.223. The van der Waals surface area contributed by atoms with E-state index in [0.29, 0.717) is 12.6 Å². The van der Waals surface area contributed by atoms with E-state index in [1.807, 2.05) is 7.05 Å². The smallest absolute Gasteiger partial charge is 0.315 e. The Labute approximate surface area is 98.2 Å². The molecule has 5 heteroatoms. The van der Waals surface area contributed by atoms with E-state index in [1.54, 1.807) is 6.92 Å². The number of aliphatic hydroxyl groups excluding tert-OH is 1. The first-order valence-electron chi connectivity index (χ1n) is 5.86. The second-order valence-electron chi connectivity index (χ2n) is 4.22. The summed E-state index contributed by atoms with van der Waals surface area (Å²) < 4.78 is 0. The minimum absolute atomic E-state index is 0.0415.